The molecule has 0 atom stereocenters. The first kappa shape index (κ1) is 10.7. The van der Waals surface area contributed by atoms with Crippen molar-refractivity contribution in [2.24, 2.45) is 0 Å². The van der Waals surface area contributed by atoms with E-state index in [-0.39, 0.29) is 5.56 Å². The van der Waals surface area contributed by atoms with Gasteiger partial charge < -0.3 is 4.98 Å². The van der Waals surface area contributed by atoms with Crippen molar-refractivity contribution in [1.82, 2.24) is 9.97 Å². The van der Waals surface area contributed by atoms with Crippen LogP contribution in [0.5, 0.6) is 0 Å². The Morgan fingerprint density at radius 1 is 1.18 bits per heavy atom. The topological polar surface area (TPSA) is 45.8 Å². The van der Waals surface area contributed by atoms with E-state index in [1.54, 1.807) is 0 Å². The van der Waals surface area contributed by atoms with Gasteiger partial charge in [-0.2, -0.15) is 0 Å². The molecule has 0 amide bonds. The first-order valence-electron chi connectivity index (χ1n) is 4.99. The van der Waals surface area contributed by atoms with E-state index in [1.165, 1.54) is 11.3 Å². The third-order valence-corrected chi connectivity index (χ3v) is 4.04. The van der Waals surface area contributed by atoms with Gasteiger partial charge in [-0.15, -0.1) is 11.3 Å². The maximum absolute atomic E-state index is 11.9. The Balaban J connectivity index is 2.30. The molecule has 0 aliphatic rings. The Bertz CT molecular complexity index is 747. The van der Waals surface area contributed by atoms with Gasteiger partial charge in [0.05, 0.1) is 19.7 Å². The predicted octanol–water partition coefficient (Wildman–Crippen LogP) is 3.41. The summed E-state index contributed by atoms with van der Waals surface area (Å²) in [6.45, 7) is 0. The summed E-state index contributed by atoms with van der Waals surface area (Å²) in [5.41, 5.74) is 1.88. The van der Waals surface area contributed by atoms with E-state index in [0.29, 0.717) is 5.69 Å². The SMILES string of the molecule is O=c1[nH]c2ccccc2nc1-c1ccc(Br)s1. The van der Waals surface area contributed by atoms with E-state index in [2.05, 4.69) is 25.9 Å². The fourth-order valence-electron chi connectivity index (χ4n) is 1.64. The van der Waals surface area contributed by atoms with Crippen LogP contribution >= 0.6 is 27.3 Å². The average molecular weight is 307 g/mol. The number of halogens is 1. The lowest BCUT2D eigenvalue weighted by molar-refractivity contribution is 1.23. The van der Waals surface area contributed by atoms with Crippen LogP contribution in [-0.2, 0) is 0 Å². The molecule has 2 aromatic heterocycles. The Morgan fingerprint density at radius 2 is 2.00 bits per heavy atom. The second-order valence-electron chi connectivity index (χ2n) is 3.54. The van der Waals surface area contributed by atoms with Crippen LogP contribution in [-0.4, -0.2) is 9.97 Å². The number of para-hydroxylation sites is 2. The lowest BCUT2D eigenvalue weighted by Gasteiger charge is -1.99. The fourth-order valence-corrected chi connectivity index (χ4v) is 3.01. The Hall–Kier alpha value is -1.46. The maximum atomic E-state index is 11.9. The molecule has 0 fully saturated rings. The third-order valence-electron chi connectivity index (χ3n) is 2.41. The number of nitrogens with one attached hydrogen (secondary N) is 1. The molecule has 0 saturated heterocycles. The van der Waals surface area contributed by atoms with Gasteiger partial charge in [0.25, 0.3) is 5.56 Å². The third kappa shape index (κ3) is 1.92. The van der Waals surface area contributed by atoms with Crippen LogP contribution in [0.2, 0.25) is 0 Å². The molecule has 3 aromatic rings. The van der Waals surface area contributed by atoms with E-state index in [4.69, 9.17) is 0 Å². The maximum Gasteiger partial charge on any atom is 0.275 e. The number of H-pyrrole nitrogens is 1. The van der Waals surface area contributed by atoms with E-state index in [9.17, 15) is 4.79 Å². The van der Waals surface area contributed by atoms with Gasteiger partial charge in [0.1, 0.15) is 5.69 Å². The molecular weight excluding hydrogens is 300 g/mol. The Labute approximate surface area is 109 Å². The number of nitrogens with zero attached hydrogens (tertiary/aromatic N) is 1. The van der Waals surface area contributed by atoms with Crippen molar-refractivity contribution in [1.29, 1.82) is 0 Å². The highest BCUT2D eigenvalue weighted by Gasteiger charge is 2.09. The second-order valence-corrected chi connectivity index (χ2v) is 6.00. The molecule has 1 N–H and O–H groups in total. The molecule has 1 aromatic carbocycles. The predicted molar refractivity (Wildman–Crippen MR) is 73.4 cm³/mol. The van der Waals surface area contributed by atoms with Crippen molar-refractivity contribution in [3.8, 4) is 10.6 Å². The van der Waals surface area contributed by atoms with E-state index in [1.807, 2.05) is 36.4 Å². The summed E-state index contributed by atoms with van der Waals surface area (Å²) in [6.07, 6.45) is 0. The van der Waals surface area contributed by atoms with Crippen LogP contribution in [0.3, 0.4) is 0 Å². The molecule has 0 unspecified atom stereocenters. The lowest BCUT2D eigenvalue weighted by Crippen LogP contribution is -2.10. The monoisotopic (exact) mass is 306 g/mol. The summed E-state index contributed by atoms with van der Waals surface area (Å²) in [7, 11) is 0. The summed E-state index contributed by atoms with van der Waals surface area (Å²) in [4.78, 5) is 20.0. The summed E-state index contributed by atoms with van der Waals surface area (Å²) < 4.78 is 0.988. The van der Waals surface area contributed by atoms with Gasteiger partial charge in [0.2, 0.25) is 0 Å². The zero-order chi connectivity index (χ0) is 11.8. The highest BCUT2D eigenvalue weighted by Crippen LogP contribution is 2.28. The number of hydrogen-bond donors (Lipinski definition) is 1. The van der Waals surface area contributed by atoms with Crippen LogP contribution in [0.4, 0.5) is 0 Å². The van der Waals surface area contributed by atoms with Crippen LogP contribution in [0, 0.1) is 0 Å². The summed E-state index contributed by atoms with van der Waals surface area (Å²) in [5, 5.41) is 0. The number of aromatic amines is 1. The molecule has 3 nitrogen and oxygen atoms in total. The van der Waals surface area contributed by atoms with E-state index < -0.39 is 0 Å². The quantitative estimate of drug-likeness (QED) is 0.749. The van der Waals surface area contributed by atoms with Crippen molar-refractivity contribution >= 4 is 38.3 Å². The minimum absolute atomic E-state index is 0.155. The molecule has 0 aliphatic carbocycles. The number of thiophene rings is 1. The van der Waals surface area contributed by atoms with Crippen molar-refractivity contribution in [2.45, 2.75) is 0 Å². The van der Waals surface area contributed by atoms with Gasteiger partial charge in [-0.3, -0.25) is 4.79 Å². The zero-order valence-electron chi connectivity index (χ0n) is 8.61. The summed E-state index contributed by atoms with van der Waals surface area (Å²) in [5.74, 6) is 0. The summed E-state index contributed by atoms with van der Waals surface area (Å²) in [6, 6.07) is 11.3. The zero-order valence-corrected chi connectivity index (χ0v) is 11.0. The van der Waals surface area contributed by atoms with Crippen molar-refractivity contribution < 1.29 is 0 Å². The van der Waals surface area contributed by atoms with Crippen molar-refractivity contribution in [2.75, 3.05) is 0 Å². The molecule has 0 bridgehead atoms. The average Bonchev–Trinajstić information content (AvgIpc) is 2.75. The van der Waals surface area contributed by atoms with Crippen LogP contribution in [0.25, 0.3) is 21.6 Å². The molecule has 3 rings (SSSR count). The van der Waals surface area contributed by atoms with Gasteiger partial charge in [0, 0.05) is 0 Å². The van der Waals surface area contributed by atoms with Crippen LogP contribution < -0.4 is 5.56 Å². The number of benzene rings is 1. The molecule has 17 heavy (non-hydrogen) atoms. The van der Waals surface area contributed by atoms with Gasteiger partial charge in [-0.05, 0) is 40.2 Å². The molecule has 2 heterocycles. The highest BCUT2D eigenvalue weighted by molar-refractivity contribution is 9.11. The number of hydrogen-bond acceptors (Lipinski definition) is 3. The lowest BCUT2D eigenvalue weighted by atomic mass is 10.3. The van der Waals surface area contributed by atoms with Crippen molar-refractivity contribution in [3.63, 3.8) is 0 Å². The van der Waals surface area contributed by atoms with Gasteiger partial charge in [-0.25, -0.2) is 4.98 Å². The van der Waals surface area contributed by atoms with Gasteiger partial charge >= 0.3 is 0 Å². The smallest absolute Gasteiger partial charge is 0.275 e. The summed E-state index contributed by atoms with van der Waals surface area (Å²) >= 11 is 4.88. The first-order valence-corrected chi connectivity index (χ1v) is 6.60. The molecular formula is C12H7BrN2OS. The van der Waals surface area contributed by atoms with E-state index >= 15 is 0 Å². The first-order chi connectivity index (χ1) is 8.24. The Kier molecular flexibility index (Phi) is 2.57. The van der Waals surface area contributed by atoms with Gasteiger partial charge in [0.15, 0.2) is 0 Å². The number of rotatable bonds is 1. The number of aromatic nitrogens is 2. The molecule has 5 heteroatoms. The largest absolute Gasteiger partial charge is 0.319 e. The molecule has 0 radical (unpaired) electrons. The van der Waals surface area contributed by atoms with Gasteiger partial charge in [-0.1, -0.05) is 12.1 Å². The number of fused-ring (bicyclic) bond motifs is 1. The fraction of sp³-hybridized carbons (Fsp3) is 0. The molecule has 0 aliphatic heterocycles. The van der Waals surface area contributed by atoms with Crippen LogP contribution in [0.15, 0.2) is 45.0 Å². The standard InChI is InChI=1S/C12H7BrN2OS/c13-10-6-5-9(17-10)11-12(16)15-8-4-2-1-3-7(8)14-11/h1-6H,(H,15,16). The van der Waals surface area contributed by atoms with Crippen LogP contribution in [0.1, 0.15) is 0 Å². The normalized spacial score (nSPS) is 10.9. The molecule has 84 valence electrons. The molecule has 0 saturated carbocycles. The minimum atomic E-state index is -0.155. The van der Waals surface area contributed by atoms with Crippen molar-refractivity contribution in [3.05, 3.63) is 50.5 Å². The Morgan fingerprint density at radius 3 is 2.76 bits per heavy atom. The second kappa shape index (κ2) is 4.09. The molecule has 0 spiro atoms. The minimum Gasteiger partial charge on any atom is -0.319 e. The highest BCUT2D eigenvalue weighted by atomic mass is 79.9. The van der Waals surface area contributed by atoms with E-state index in [0.717, 1.165) is 19.7 Å².